The fourth-order valence-corrected chi connectivity index (χ4v) is 2.54. The number of amides is 1. The van der Waals surface area contributed by atoms with Gasteiger partial charge >= 0.3 is 6.09 Å². The van der Waals surface area contributed by atoms with Gasteiger partial charge in [-0.05, 0) is 39.2 Å². The molecule has 1 saturated heterocycles. The highest BCUT2D eigenvalue weighted by Crippen LogP contribution is 2.13. The van der Waals surface area contributed by atoms with Gasteiger partial charge in [-0.1, -0.05) is 30.3 Å². The zero-order chi connectivity index (χ0) is 16.0. The molecule has 0 aliphatic carbocycles. The maximum atomic E-state index is 11.6. The molecule has 1 aliphatic heterocycles. The summed E-state index contributed by atoms with van der Waals surface area (Å²) in [5, 5.41) is 0. The van der Waals surface area contributed by atoms with Crippen LogP contribution in [0.4, 0.5) is 4.79 Å². The van der Waals surface area contributed by atoms with Crippen molar-refractivity contribution in [2.45, 2.75) is 51.8 Å². The lowest BCUT2D eigenvalue weighted by Crippen LogP contribution is -2.50. The summed E-state index contributed by atoms with van der Waals surface area (Å²) in [6.45, 7) is 8.62. The van der Waals surface area contributed by atoms with Crippen molar-refractivity contribution in [3.05, 3.63) is 35.9 Å². The van der Waals surface area contributed by atoms with Gasteiger partial charge in [0.1, 0.15) is 5.60 Å². The van der Waals surface area contributed by atoms with Crippen molar-refractivity contribution in [2.75, 3.05) is 13.1 Å². The molecule has 1 aromatic rings. The predicted molar refractivity (Wildman–Crippen MR) is 87.2 cm³/mol. The summed E-state index contributed by atoms with van der Waals surface area (Å²) in [6, 6.07) is 10.8. The van der Waals surface area contributed by atoms with Crippen LogP contribution in [0.25, 0.3) is 0 Å². The number of ether oxygens (including phenoxy) is 1. The molecule has 0 atom stereocenters. The Hall–Kier alpha value is -1.59. The second-order valence-electron chi connectivity index (χ2n) is 6.81. The van der Waals surface area contributed by atoms with Gasteiger partial charge in [-0.25, -0.2) is 10.2 Å². The van der Waals surface area contributed by atoms with E-state index in [1.54, 1.807) is 0 Å². The average molecular weight is 305 g/mol. The minimum atomic E-state index is -0.467. The minimum absolute atomic E-state index is 0.305. The standard InChI is InChI=1S/C17H27N3O2/c1-17(2,3)22-16(21)19-18-15-9-11-20(12-10-15)13-14-7-5-4-6-8-14/h4-8,15,18H,9-13H2,1-3H3,(H,19,21). The zero-order valence-corrected chi connectivity index (χ0v) is 13.8. The van der Waals surface area contributed by atoms with E-state index in [0.29, 0.717) is 6.04 Å². The molecule has 1 heterocycles. The number of carbonyl (C=O) groups excluding carboxylic acids is 1. The van der Waals surface area contributed by atoms with Crippen molar-refractivity contribution in [1.82, 2.24) is 15.8 Å². The Kier molecular flexibility index (Phi) is 5.80. The van der Waals surface area contributed by atoms with Gasteiger partial charge in [-0.3, -0.25) is 10.3 Å². The maximum absolute atomic E-state index is 11.6. The van der Waals surface area contributed by atoms with E-state index in [0.717, 1.165) is 32.5 Å². The Balaban J connectivity index is 1.66. The molecule has 0 radical (unpaired) electrons. The van der Waals surface area contributed by atoms with Crippen LogP contribution in [0.15, 0.2) is 30.3 Å². The molecule has 5 nitrogen and oxygen atoms in total. The van der Waals surface area contributed by atoms with Crippen molar-refractivity contribution in [2.24, 2.45) is 0 Å². The van der Waals surface area contributed by atoms with Crippen LogP contribution in [-0.4, -0.2) is 35.7 Å². The topological polar surface area (TPSA) is 53.6 Å². The van der Waals surface area contributed by atoms with E-state index in [-0.39, 0.29) is 0 Å². The van der Waals surface area contributed by atoms with Crippen LogP contribution >= 0.6 is 0 Å². The Bertz CT molecular complexity index is 463. The molecule has 2 N–H and O–H groups in total. The Morgan fingerprint density at radius 2 is 1.86 bits per heavy atom. The Labute approximate surface area is 133 Å². The predicted octanol–water partition coefficient (Wildman–Crippen LogP) is 2.68. The summed E-state index contributed by atoms with van der Waals surface area (Å²) in [4.78, 5) is 14.0. The normalized spacial score (nSPS) is 17.2. The van der Waals surface area contributed by atoms with Crippen LogP contribution in [0.3, 0.4) is 0 Å². The minimum Gasteiger partial charge on any atom is -0.443 e. The first-order chi connectivity index (χ1) is 10.4. The van der Waals surface area contributed by atoms with Gasteiger partial charge < -0.3 is 4.74 Å². The van der Waals surface area contributed by atoms with E-state index in [1.165, 1.54) is 5.56 Å². The first kappa shape index (κ1) is 16.8. The van der Waals surface area contributed by atoms with Crippen LogP contribution in [0, 0.1) is 0 Å². The highest BCUT2D eigenvalue weighted by atomic mass is 16.6. The van der Waals surface area contributed by atoms with Crippen LogP contribution in [0.5, 0.6) is 0 Å². The molecule has 2 rings (SSSR count). The van der Waals surface area contributed by atoms with E-state index >= 15 is 0 Å². The van der Waals surface area contributed by atoms with Crippen molar-refractivity contribution < 1.29 is 9.53 Å². The molecule has 0 spiro atoms. The lowest BCUT2D eigenvalue weighted by Gasteiger charge is -2.32. The second kappa shape index (κ2) is 7.61. The lowest BCUT2D eigenvalue weighted by molar-refractivity contribution is 0.0475. The summed E-state index contributed by atoms with van der Waals surface area (Å²) >= 11 is 0. The largest absolute Gasteiger partial charge is 0.443 e. The molecule has 0 unspecified atom stereocenters. The number of piperidine rings is 1. The SMILES string of the molecule is CC(C)(C)OC(=O)NNC1CCN(Cc2ccccc2)CC1. The Morgan fingerprint density at radius 3 is 2.45 bits per heavy atom. The third-order valence-corrected chi connectivity index (χ3v) is 3.61. The van der Waals surface area contributed by atoms with Gasteiger partial charge in [-0.2, -0.15) is 0 Å². The quantitative estimate of drug-likeness (QED) is 0.840. The average Bonchev–Trinajstić information content (AvgIpc) is 2.46. The lowest BCUT2D eigenvalue weighted by atomic mass is 10.1. The van der Waals surface area contributed by atoms with Crippen LogP contribution in [0.1, 0.15) is 39.2 Å². The van der Waals surface area contributed by atoms with Crippen LogP contribution < -0.4 is 10.9 Å². The highest BCUT2D eigenvalue weighted by molar-refractivity contribution is 5.67. The summed E-state index contributed by atoms with van der Waals surface area (Å²) in [5.41, 5.74) is 6.60. The fourth-order valence-electron chi connectivity index (χ4n) is 2.54. The number of nitrogens with one attached hydrogen (secondary N) is 2. The van der Waals surface area contributed by atoms with Gasteiger partial charge in [0.25, 0.3) is 0 Å². The van der Waals surface area contributed by atoms with Crippen molar-refractivity contribution in [3.63, 3.8) is 0 Å². The van der Waals surface area contributed by atoms with E-state index in [2.05, 4.69) is 40.0 Å². The fraction of sp³-hybridized carbons (Fsp3) is 0.588. The number of nitrogens with zero attached hydrogens (tertiary/aromatic N) is 1. The number of hydrogen-bond acceptors (Lipinski definition) is 4. The van der Waals surface area contributed by atoms with Gasteiger partial charge in [0.15, 0.2) is 0 Å². The van der Waals surface area contributed by atoms with Crippen LogP contribution in [0.2, 0.25) is 0 Å². The van der Waals surface area contributed by atoms with Crippen molar-refractivity contribution in [3.8, 4) is 0 Å². The van der Waals surface area contributed by atoms with Crippen molar-refractivity contribution in [1.29, 1.82) is 0 Å². The molecule has 1 amide bonds. The molecule has 1 aromatic carbocycles. The molecule has 5 heteroatoms. The van der Waals surface area contributed by atoms with Gasteiger partial charge in [0, 0.05) is 25.7 Å². The smallest absolute Gasteiger partial charge is 0.422 e. The number of hydrogen-bond donors (Lipinski definition) is 2. The summed E-state index contributed by atoms with van der Waals surface area (Å²) in [7, 11) is 0. The number of rotatable bonds is 4. The van der Waals surface area contributed by atoms with E-state index in [9.17, 15) is 4.79 Å². The van der Waals surface area contributed by atoms with Gasteiger partial charge in [0.2, 0.25) is 0 Å². The molecule has 0 aromatic heterocycles. The Morgan fingerprint density at radius 1 is 1.23 bits per heavy atom. The van der Waals surface area contributed by atoms with E-state index in [4.69, 9.17) is 4.74 Å². The number of benzene rings is 1. The first-order valence-corrected chi connectivity index (χ1v) is 7.93. The molecule has 0 saturated carbocycles. The molecule has 22 heavy (non-hydrogen) atoms. The van der Waals surface area contributed by atoms with E-state index < -0.39 is 11.7 Å². The van der Waals surface area contributed by atoms with Crippen LogP contribution in [-0.2, 0) is 11.3 Å². The summed E-state index contributed by atoms with van der Waals surface area (Å²) in [6.07, 6.45) is 1.62. The molecule has 122 valence electrons. The summed E-state index contributed by atoms with van der Waals surface area (Å²) in [5.74, 6) is 0. The molecule has 1 fully saturated rings. The van der Waals surface area contributed by atoms with E-state index in [1.807, 2.05) is 26.8 Å². The first-order valence-electron chi connectivity index (χ1n) is 7.93. The molecular formula is C17H27N3O2. The monoisotopic (exact) mass is 305 g/mol. The molecule has 0 bridgehead atoms. The zero-order valence-electron chi connectivity index (χ0n) is 13.8. The molecular weight excluding hydrogens is 278 g/mol. The highest BCUT2D eigenvalue weighted by Gasteiger charge is 2.21. The summed E-state index contributed by atoms with van der Waals surface area (Å²) < 4.78 is 5.21. The molecule has 1 aliphatic rings. The third kappa shape index (κ3) is 6.03. The van der Waals surface area contributed by atoms with Crippen molar-refractivity contribution >= 4 is 6.09 Å². The maximum Gasteiger partial charge on any atom is 0.422 e. The second-order valence-corrected chi connectivity index (χ2v) is 6.81. The third-order valence-electron chi connectivity index (χ3n) is 3.61. The number of carbonyl (C=O) groups is 1. The van der Waals surface area contributed by atoms with Gasteiger partial charge in [-0.15, -0.1) is 0 Å². The number of hydrazine groups is 1. The number of likely N-dealkylation sites (tertiary alicyclic amines) is 1. The van der Waals surface area contributed by atoms with Gasteiger partial charge in [0.05, 0.1) is 0 Å².